The summed E-state index contributed by atoms with van der Waals surface area (Å²) in [5.74, 6) is -0.334. The first-order valence-corrected chi connectivity index (χ1v) is 7.51. The van der Waals surface area contributed by atoms with E-state index in [0.29, 0.717) is 18.3 Å². The molecule has 0 aromatic carbocycles. The zero-order valence-electron chi connectivity index (χ0n) is 10.2. The highest BCUT2D eigenvalue weighted by atomic mass is 32.2. The van der Waals surface area contributed by atoms with Crippen LogP contribution in [-0.2, 0) is 9.59 Å². The molecule has 2 atom stereocenters. The molecule has 0 aromatic rings. The van der Waals surface area contributed by atoms with Gasteiger partial charge in [-0.1, -0.05) is 0 Å². The molecule has 4 bridgehead atoms. The fourth-order valence-corrected chi connectivity index (χ4v) is 6.33. The van der Waals surface area contributed by atoms with Gasteiger partial charge in [-0.3, -0.25) is 9.59 Å². The zero-order chi connectivity index (χ0) is 13.0. The van der Waals surface area contributed by atoms with E-state index >= 15 is 0 Å². The van der Waals surface area contributed by atoms with Gasteiger partial charge in [0, 0.05) is 4.75 Å². The lowest BCUT2D eigenvalue weighted by atomic mass is 9.49. The van der Waals surface area contributed by atoms with Crippen molar-refractivity contribution in [1.29, 1.82) is 0 Å². The van der Waals surface area contributed by atoms with Gasteiger partial charge in [0.1, 0.15) is 0 Å². The third-order valence-electron chi connectivity index (χ3n) is 4.96. The Morgan fingerprint density at radius 2 is 1.72 bits per heavy atom. The van der Waals surface area contributed by atoms with E-state index in [1.807, 2.05) is 0 Å². The van der Waals surface area contributed by atoms with Crippen LogP contribution in [0.25, 0.3) is 0 Å². The first-order valence-electron chi connectivity index (χ1n) is 6.52. The molecule has 0 heterocycles. The van der Waals surface area contributed by atoms with Crippen LogP contribution in [0.1, 0.15) is 38.5 Å². The third-order valence-corrected chi connectivity index (χ3v) is 6.44. The summed E-state index contributed by atoms with van der Waals surface area (Å²) in [5.41, 5.74) is -0.546. The van der Waals surface area contributed by atoms with Gasteiger partial charge >= 0.3 is 11.9 Å². The summed E-state index contributed by atoms with van der Waals surface area (Å²) in [6.45, 7) is 0. The van der Waals surface area contributed by atoms with Crippen molar-refractivity contribution in [3.63, 3.8) is 0 Å². The van der Waals surface area contributed by atoms with E-state index in [2.05, 4.69) is 0 Å². The summed E-state index contributed by atoms with van der Waals surface area (Å²) in [6, 6.07) is 0. The average Bonchev–Trinajstić information content (AvgIpc) is 2.24. The molecule has 0 unspecified atom stereocenters. The van der Waals surface area contributed by atoms with Crippen LogP contribution in [0.15, 0.2) is 0 Å². The maximum absolute atomic E-state index is 11.6. The predicted octanol–water partition coefficient (Wildman–Crippen LogP) is 2.23. The van der Waals surface area contributed by atoms with Crippen LogP contribution in [-0.4, -0.2) is 32.7 Å². The molecule has 0 radical (unpaired) electrons. The Bertz CT molecular complexity index is 392. The quantitative estimate of drug-likeness (QED) is 0.819. The monoisotopic (exact) mass is 270 g/mol. The molecular formula is C13H18O4S. The molecule has 0 saturated heterocycles. The number of rotatable bonds is 4. The molecule has 4 rings (SSSR count). The van der Waals surface area contributed by atoms with Crippen molar-refractivity contribution in [1.82, 2.24) is 0 Å². The van der Waals surface area contributed by atoms with Crippen molar-refractivity contribution in [2.45, 2.75) is 43.3 Å². The molecule has 4 aliphatic carbocycles. The van der Waals surface area contributed by atoms with Crippen molar-refractivity contribution in [3.05, 3.63) is 0 Å². The fourth-order valence-electron chi connectivity index (χ4n) is 4.81. The largest absolute Gasteiger partial charge is 0.481 e. The molecule has 5 heteroatoms. The molecule has 0 amide bonds. The molecule has 4 saturated carbocycles. The number of hydrogen-bond acceptors (Lipinski definition) is 3. The smallest absolute Gasteiger partial charge is 0.313 e. The molecule has 2 N–H and O–H groups in total. The van der Waals surface area contributed by atoms with E-state index in [9.17, 15) is 14.7 Å². The predicted molar refractivity (Wildman–Crippen MR) is 67.6 cm³/mol. The molecule has 18 heavy (non-hydrogen) atoms. The van der Waals surface area contributed by atoms with E-state index in [1.165, 1.54) is 11.8 Å². The Balaban J connectivity index is 1.85. The van der Waals surface area contributed by atoms with Crippen molar-refractivity contribution in [3.8, 4) is 0 Å². The summed E-state index contributed by atoms with van der Waals surface area (Å²) in [4.78, 5) is 22.4. The highest BCUT2D eigenvalue weighted by Gasteiger charge is 2.61. The minimum Gasteiger partial charge on any atom is -0.481 e. The van der Waals surface area contributed by atoms with Crippen LogP contribution in [0.4, 0.5) is 0 Å². The molecule has 4 aliphatic rings. The normalized spacial score (nSPS) is 45.1. The van der Waals surface area contributed by atoms with E-state index in [0.717, 1.165) is 32.1 Å². The Morgan fingerprint density at radius 3 is 2.22 bits per heavy atom. The van der Waals surface area contributed by atoms with Crippen molar-refractivity contribution < 1.29 is 19.8 Å². The second kappa shape index (κ2) is 3.89. The molecule has 0 aliphatic heterocycles. The molecule has 4 nitrogen and oxygen atoms in total. The zero-order valence-corrected chi connectivity index (χ0v) is 11.0. The molecule has 0 spiro atoms. The highest BCUT2D eigenvalue weighted by molar-refractivity contribution is 8.01. The van der Waals surface area contributed by atoms with Crippen LogP contribution in [0, 0.1) is 17.3 Å². The van der Waals surface area contributed by atoms with Crippen LogP contribution < -0.4 is 0 Å². The van der Waals surface area contributed by atoms with Crippen molar-refractivity contribution in [2.75, 3.05) is 5.75 Å². The van der Waals surface area contributed by atoms with Gasteiger partial charge in [-0.2, -0.15) is 0 Å². The number of carbonyl (C=O) groups is 2. The molecule has 0 aromatic heterocycles. The summed E-state index contributed by atoms with van der Waals surface area (Å²) in [7, 11) is 0. The number of carboxylic acid groups (broad SMARTS) is 2. The van der Waals surface area contributed by atoms with Gasteiger partial charge in [0.25, 0.3) is 0 Å². The van der Waals surface area contributed by atoms with E-state index < -0.39 is 17.4 Å². The lowest BCUT2D eigenvalue weighted by molar-refractivity contribution is -0.162. The SMILES string of the molecule is O=C(O)CSC12C[C@@H]3C[C@@H](C1)CC(C(=O)O)(C3)C2. The van der Waals surface area contributed by atoms with Gasteiger partial charge in [0.15, 0.2) is 0 Å². The van der Waals surface area contributed by atoms with Gasteiger partial charge < -0.3 is 10.2 Å². The van der Waals surface area contributed by atoms with Crippen LogP contribution in [0.2, 0.25) is 0 Å². The van der Waals surface area contributed by atoms with E-state index in [4.69, 9.17) is 5.11 Å². The summed E-state index contributed by atoms with van der Waals surface area (Å²) < 4.78 is -0.0686. The number of thioether (sulfide) groups is 1. The topological polar surface area (TPSA) is 74.6 Å². The number of hydrogen-bond donors (Lipinski definition) is 2. The Kier molecular flexibility index (Phi) is 2.66. The summed E-state index contributed by atoms with van der Waals surface area (Å²) in [6.07, 6.45) is 5.51. The molecular weight excluding hydrogens is 252 g/mol. The number of carboxylic acids is 2. The lowest BCUT2D eigenvalue weighted by Crippen LogP contribution is -2.57. The second-order valence-corrected chi connectivity index (χ2v) is 7.86. The maximum Gasteiger partial charge on any atom is 0.313 e. The van der Waals surface area contributed by atoms with Crippen LogP contribution in [0.5, 0.6) is 0 Å². The van der Waals surface area contributed by atoms with E-state index in [1.54, 1.807) is 0 Å². The van der Waals surface area contributed by atoms with Gasteiger partial charge in [-0.25, -0.2) is 0 Å². The number of aliphatic carboxylic acids is 2. The van der Waals surface area contributed by atoms with Gasteiger partial charge in [-0.05, 0) is 50.4 Å². The maximum atomic E-state index is 11.6. The fraction of sp³-hybridized carbons (Fsp3) is 0.846. The minimum absolute atomic E-state index is 0.0686. The van der Waals surface area contributed by atoms with Gasteiger partial charge in [-0.15, -0.1) is 11.8 Å². The first kappa shape index (κ1) is 12.3. The van der Waals surface area contributed by atoms with Crippen molar-refractivity contribution >= 4 is 23.7 Å². The highest BCUT2D eigenvalue weighted by Crippen LogP contribution is 2.65. The Hall–Kier alpha value is -0.710. The van der Waals surface area contributed by atoms with Crippen LogP contribution >= 0.6 is 11.8 Å². The Labute approximate surface area is 110 Å². The third kappa shape index (κ3) is 1.83. The average molecular weight is 270 g/mol. The Morgan fingerprint density at radius 1 is 1.11 bits per heavy atom. The standard InChI is InChI=1S/C13H18O4S/c14-10(15)6-18-13-4-8-1-9(5-13)3-12(2-8,7-13)11(16)17/h8-9H,1-7H2,(H,14,15)(H,16,17)/t8-,9-,12?,13?/m1/s1. The van der Waals surface area contributed by atoms with Gasteiger partial charge in [0.05, 0.1) is 11.2 Å². The molecule has 100 valence electrons. The second-order valence-electron chi connectivity index (χ2n) is 6.41. The first-order chi connectivity index (χ1) is 8.43. The van der Waals surface area contributed by atoms with Gasteiger partial charge in [0.2, 0.25) is 0 Å². The van der Waals surface area contributed by atoms with Crippen molar-refractivity contribution in [2.24, 2.45) is 17.3 Å². The van der Waals surface area contributed by atoms with Crippen LogP contribution in [0.3, 0.4) is 0 Å². The molecule has 4 fully saturated rings. The lowest BCUT2D eigenvalue weighted by Gasteiger charge is -2.60. The summed E-state index contributed by atoms with van der Waals surface area (Å²) in [5, 5.41) is 18.4. The van der Waals surface area contributed by atoms with E-state index in [-0.39, 0.29) is 10.5 Å². The minimum atomic E-state index is -0.792. The summed E-state index contributed by atoms with van der Waals surface area (Å²) >= 11 is 1.50.